The monoisotopic (exact) mass is 340 g/mol. The van der Waals surface area contributed by atoms with E-state index in [1.807, 2.05) is 0 Å². The summed E-state index contributed by atoms with van der Waals surface area (Å²) in [6, 6.07) is 9.67. The molecule has 9 nitrogen and oxygen atoms in total. The number of hydrogen-bond acceptors (Lipinski definition) is 6. The smallest absolute Gasteiger partial charge is 0.295 e. The molecule has 0 fully saturated rings. The molecule has 2 aromatic carbocycles. The quantitative estimate of drug-likeness (QED) is 0.577. The Hall–Kier alpha value is -3.62. The van der Waals surface area contributed by atoms with Gasteiger partial charge in [-0.3, -0.25) is 14.9 Å². The van der Waals surface area contributed by atoms with E-state index in [2.05, 4.69) is 10.3 Å². The SMILES string of the molecule is O=C(Cn1cnc2cccc([N+](=O)[O-])c21)Nc1ccc2c(c1)OCO2. The lowest BCUT2D eigenvalue weighted by Gasteiger charge is -2.07. The summed E-state index contributed by atoms with van der Waals surface area (Å²) >= 11 is 0. The second-order valence-electron chi connectivity index (χ2n) is 5.39. The standard InChI is InChI=1S/C16H12N4O5/c21-15(18-10-4-5-13-14(6-10)25-9-24-13)7-19-8-17-11-2-1-3-12(16(11)19)20(22)23/h1-6,8H,7,9H2,(H,18,21). The van der Waals surface area contributed by atoms with Crippen molar-refractivity contribution in [3.05, 3.63) is 52.8 Å². The molecule has 1 aliphatic rings. The van der Waals surface area contributed by atoms with Crippen molar-refractivity contribution >= 4 is 28.3 Å². The number of nitrogens with one attached hydrogen (secondary N) is 1. The summed E-state index contributed by atoms with van der Waals surface area (Å²) in [7, 11) is 0. The molecule has 0 unspecified atom stereocenters. The van der Waals surface area contributed by atoms with Gasteiger partial charge in [-0.25, -0.2) is 4.98 Å². The van der Waals surface area contributed by atoms with Gasteiger partial charge in [-0.2, -0.15) is 0 Å². The lowest BCUT2D eigenvalue weighted by Crippen LogP contribution is -2.18. The third kappa shape index (κ3) is 2.71. The number of non-ortho nitro benzene ring substituents is 1. The third-order valence-corrected chi connectivity index (χ3v) is 3.78. The van der Waals surface area contributed by atoms with Gasteiger partial charge in [0, 0.05) is 17.8 Å². The van der Waals surface area contributed by atoms with Crippen LogP contribution in [0.3, 0.4) is 0 Å². The number of para-hydroxylation sites is 1. The Bertz CT molecular complexity index is 997. The molecule has 0 atom stereocenters. The maximum atomic E-state index is 12.3. The van der Waals surface area contributed by atoms with Gasteiger partial charge in [0.05, 0.1) is 16.8 Å². The van der Waals surface area contributed by atoms with Crippen LogP contribution in [0.5, 0.6) is 11.5 Å². The number of hydrogen-bond donors (Lipinski definition) is 1. The highest BCUT2D eigenvalue weighted by molar-refractivity contribution is 5.93. The van der Waals surface area contributed by atoms with Crippen LogP contribution in [0, 0.1) is 10.1 Å². The zero-order valence-corrected chi connectivity index (χ0v) is 12.8. The van der Waals surface area contributed by atoms with Crippen molar-refractivity contribution in [3.8, 4) is 11.5 Å². The topological polar surface area (TPSA) is 109 Å². The third-order valence-electron chi connectivity index (χ3n) is 3.78. The van der Waals surface area contributed by atoms with Crippen LogP contribution in [0.25, 0.3) is 11.0 Å². The molecule has 0 spiro atoms. The van der Waals surface area contributed by atoms with Crippen LogP contribution in [-0.2, 0) is 11.3 Å². The highest BCUT2D eigenvalue weighted by atomic mass is 16.7. The number of aromatic nitrogens is 2. The van der Waals surface area contributed by atoms with Crippen LogP contribution in [0.1, 0.15) is 0 Å². The molecule has 0 saturated heterocycles. The largest absolute Gasteiger partial charge is 0.454 e. The van der Waals surface area contributed by atoms with Crippen LogP contribution < -0.4 is 14.8 Å². The minimum atomic E-state index is -0.490. The Morgan fingerprint density at radius 1 is 1.28 bits per heavy atom. The summed E-state index contributed by atoms with van der Waals surface area (Å²) < 4.78 is 11.9. The molecule has 0 aliphatic carbocycles. The first-order valence-corrected chi connectivity index (χ1v) is 7.39. The number of benzene rings is 2. The number of nitro groups is 1. The average Bonchev–Trinajstić information content (AvgIpc) is 3.21. The second kappa shape index (κ2) is 5.78. The molecule has 9 heteroatoms. The van der Waals surface area contributed by atoms with E-state index in [0.717, 1.165) is 0 Å². The van der Waals surface area contributed by atoms with Crippen molar-refractivity contribution in [2.75, 3.05) is 12.1 Å². The maximum absolute atomic E-state index is 12.3. The fourth-order valence-electron chi connectivity index (χ4n) is 2.70. The van der Waals surface area contributed by atoms with Crippen molar-refractivity contribution in [2.24, 2.45) is 0 Å². The van der Waals surface area contributed by atoms with Crippen LogP contribution in [0.15, 0.2) is 42.7 Å². The minimum Gasteiger partial charge on any atom is -0.454 e. The molecule has 0 saturated carbocycles. The minimum absolute atomic E-state index is 0.0918. The van der Waals surface area contributed by atoms with Crippen molar-refractivity contribution in [1.29, 1.82) is 0 Å². The lowest BCUT2D eigenvalue weighted by atomic mass is 10.2. The van der Waals surface area contributed by atoms with Gasteiger partial charge in [0.25, 0.3) is 5.69 Å². The summed E-state index contributed by atoms with van der Waals surface area (Å²) in [6.45, 7) is 0.0488. The number of amides is 1. The van der Waals surface area contributed by atoms with Gasteiger partial charge >= 0.3 is 0 Å². The van der Waals surface area contributed by atoms with Crippen molar-refractivity contribution in [3.63, 3.8) is 0 Å². The number of nitro benzene ring substituents is 1. The summed E-state index contributed by atoms with van der Waals surface area (Å²) in [5.41, 5.74) is 1.23. The van der Waals surface area contributed by atoms with Gasteiger partial charge in [-0.1, -0.05) is 6.07 Å². The number of rotatable bonds is 4. The maximum Gasteiger partial charge on any atom is 0.295 e. The fourth-order valence-corrected chi connectivity index (χ4v) is 2.70. The first-order valence-electron chi connectivity index (χ1n) is 7.39. The van der Waals surface area contributed by atoms with E-state index in [1.165, 1.54) is 17.0 Å². The first-order chi connectivity index (χ1) is 12.1. The molecule has 0 radical (unpaired) electrons. The molecule has 4 rings (SSSR count). The Balaban J connectivity index is 1.57. The van der Waals surface area contributed by atoms with Gasteiger partial charge in [0.15, 0.2) is 11.5 Å². The Morgan fingerprint density at radius 2 is 2.12 bits per heavy atom. The summed E-state index contributed by atoms with van der Waals surface area (Å²) in [6.07, 6.45) is 1.41. The lowest BCUT2D eigenvalue weighted by molar-refractivity contribution is -0.383. The molecule has 1 aromatic heterocycles. The molecule has 1 N–H and O–H groups in total. The summed E-state index contributed by atoms with van der Waals surface area (Å²) in [4.78, 5) is 27.1. The van der Waals surface area contributed by atoms with Crippen molar-refractivity contribution in [2.45, 2.75) is 6.54 Å². The van der Waals surface area contributed by atoms with Gasteiger partial charge in [0.2, 0.25) is 12.7 Å². The van der Waals surface area contributed by atoms with Crippen LogP contribution in [-0.4, -0.2) is 27.2 Å². The molecule has 126 valence electrons. The molecule has 0 bridgehead atoms. The van der Waals surface area contributed by atoms with E-state index >= 15 is 0 Å². The number of fused-ring (bicyclic) bond motifs is 2. The van der Waals surface area contributed by atoms with E-state index in [1.54, 1.807) is 30.3 Å². The number of carbonyl (C=O) groups excluding carboxylic acids is 1. The van der Waals surface area contributed by atoms with Gasteiger partial charge < -0.3 is 19.4 Å². The molecule has 25 heavy (non-hydrogen) atoms. The second-order valence-corrected chi connectivity index (χ2v) is 5.39. The van der Waals surface area contributed by atoms with Crippen molar-refractivity contribution in [1.82, 2.24) is 9.55 Å². The molecular formula is C16H12N4O5. The number of anilines is 1. The van der Waals surface area contributed by atoms with E-state index in [0.29, 0.717) is 28.2 Å². The number of imidazole rings is 1. The zero-order valence-electron chi connectivity index (χ0n) is 12.8. The Labute approximate surface area is 140 Å². The van der Waals surface area contributed by atoms with Gasteiger partial charge in [-0.05, 0) is 18.2 Å². The molecule has 2 heterocycles. The first kappa shape index (κ1) is 14.9. The van der Waals surface area contributed by atoms with E-state index in [-0.39, 0.29) is 24.9 Å². The average molecular weight is 340 g/mol. The number of ether oxygens (including phenoxy) is 2. The molecule has 3 aromatic rings. The molecule has 1 amide bonds. The van der Waals surface area contributed by atoms with Crippen LogP contribution >= 0.6 is 0 Å². The summed E-state index contributed by atoms with van der Waals surface area (Å²) in [5, 5.41) is 13.9. The molecule has 1 aliphatic heterocycles. The molecular weight excluding hydrogens is 328 g/mol. The normalized spacial score (nSPS) is 12.3. The number of nitrogens with zero attached hydrogens (tertiary/aromatic N) is 3. The van der Waals surface area contributed by atoms with E-state index < -0.39 is 4.92 Å². The highest BCUT2D eigenvalue weighted by Gasteiger charge is 2.18. The van der Waals surface area contributed by atoms with E-state index in [4.69, 9.17) is 9.47 Å². The predicted molar refractivity (Wildman–Crippen MR) is 87.6 cm³/mol. The Kier molecular flexibility index (Phi) is 3.46. The summed E-state index contributed by atoms with van der Waals surface area (Å²) in [5.74, 6) is 0.840. The van der Waals surface area contributed by atoms with Crippen molar-refractivity contribution < 1.29 is 19.2 Å². The highest BCUT2D eigenvalue weighted by Crippen LogP contribution is 2.34. The predicted octanol–water partition coefficient (Wildman–Crippen LogP) is 2.31. The van der Waals surface area contributed by atoms with E-state index in [9.17, 15) is 14.9 Å². The number of carbonyl (C=O) groups is 1. The van der Waals surface area contributed by atoms with Crippen LogP contribution in [0.2, 0.25) is 0 Å². The van der Waals surface area contributed by atoms with Gasteiger partial charge in [-0.15, -0.1) is 0 Å². The zero-order chi connectivity index (χ0) is 17.4. The fraction of sp³-hybridized carbons (Fsp3) is 0.125. The van der Waals surface area contributed by atoms with Crippen LogP contribution in [0.4, 0.5) is 11.4 Å². The Morgan fingerprint density at radius 3 is 2.96 bits per heavy atom. The van der Waals surface area contributed by atoms with Gasteiger partial charge in [0.1, 0.15) is 12.1 Å².